The van der Waals surface area contributed by atoms with Gasteiger partial charge in [-0.15, -0.1) is 6.58 Å². The SMILES string of the molecule is C=CCN(C)c1cccc(CN)c1. The van der Waals surface area contributed by atoms with Crippen molar-refractivity contribution in [2.75, 3.05) is 18.5 Å². The van der Waals surface area contributed by atoms with Crippen LogP contribution in [0.4, 0.5) is 5.69 Å². The van der Waals surface area contributed by atoms with Crippen molar-refractivity contribution in [3.05, 3.63) is 42.5 Å². The van der Waals surface area contributed by atoms with Crippen LogP contribution in [-0.2, 0) is 6.54 Å². The third-order valence-corrected chi connectivity index (χ3v) is 1.99. The predicted octanol–water partition coefficient (Wildman–Crippen LogP) is 1.77. The second-order valence-electron chi connectivity index (χ2n) is 3.04. The zero-order chi connectivity index (χ0) is 9.68. The second-order valence-corrected chi connectivity index (χ2v) is 3.04. The first-order chi connectivity index (χ1) is 6.27. The van der Waals surface area contributed by atoms with Gasteiger partial charge in [0.2, 0.25) is 0 Å². The zero-order valence-electron chi connectivity index (χ0n) is 8.03. The summed E-state index contributed by atoms with van der Waals surface area (Å²) in [5.41, 5.74) is 7.90. The lowest BCUT2D eigenvalue weighted by Crippen LogP contribution is -2.16. The van der Waals surface area contributed by atoms with Gasteiger partial charge in [0.1, 0.15) is 0 Å². The molecule has 0 aliphatic heterocycles. The Morgan fingerprint density at radius 3 is 2.92 bits per heavy atom. The average Bonchev–Trinajstić information content (AvgIpc) is 2.18. The predicted molar refractivity (Wildman–Crippen MR) is 57.8 cm³/mol. The standard InChI is InChI=1S/C11H16N2/c1-3-7-13(2)11-6-4-5-10(8-11)9-12/h3-6,8H,1,7,9,12H2,2H3. The van der Waals surface area contributed by atoms with Crippen molar-refractivity contribution in [1.82, 2.24) is 0 Å². The maximum Gasteiger partial charge on any atom is 0.0369 e. The van der Waals surface area contributed by atoms with Gasteiger partial charge in [-0.2, -0.15) is 0 Å². The lowest BCUT2D eigenvalue weighted by Gasteiger charge is -2.17. The molecule has 0 atom stereocenters. The average molecular weight is 176 g/mol. The molecule has 2 heteroatoms. The van der Waals surface area contributed by atoms with E-state index in [0.29, 0.717) is 6.54 Å². The van der Waals surface area contributed by atoms with E-state index in [2.05, 4.69) is 23.6 Å². The molecule has 0 heterocycles. The molecule has 0 saturated heterocycles. The molecule has 2 N–H and O–H groups in total. The Balaban J connectivity index is 2.81. The summed E-state index contributed by atoms with van der Waals surface area (Å²) in [4.78, 5) is 2.13. The highest BCUT2D eigenvalue weighted by Crippen LogP contribution is 2.13. The van der Waals surface area contributed by atoms with Gasteiger partial charge in [-0.1, -0.05) is 18.2 Å². The fourth-order valence-corrected chi connectivity index (χ4v) is 1.22. The van der Waals surface area contributed by atoms with Crippen molar-refractivity contribution >= 4 is 5.69 Å². The Hall–Kier alpha value is -1.28. The second kappa shape index (κ2) is 4.67. The smallest absolute Gasteiger partial charge is 0.0369 e. The van der Waals surface area contributed by atoms with E-state index in [4.69, 9.17) is 5.73 Å². The highest BCUT2D eigenvalue weighted by atomic mass is 15.1. The van der Waals surface area contributed by atoms with Gasteiger partial charge in [0.15, 0.2) is 0 Å². The van der Waals surface area contributed by atoms with E-state index >= 15 is 0 Å². The monoisotopic (exact) mass is 176 g/mol. The number of rotatable bonds is 4. The number of benzene rings is 1. The molecule has 0 aliphatic rings. The van der Waals surface area contributed by atoms with Crippen LogP contribution in [0.25, 0.3) is 0 Å². The molecular weight excluding hydrogens is 160 g/mol. The Bertz CT molecular complexity index is 281. The van der Waals surface area contributed by atoms with Crippen LogP contribution >= 0.6 is 0 Å². The number of hydrogen-bond acceptors (Lipinski definition) is 2. The van der Waals surface area contributed by atoms with Gasteiger partial charge in [-0.3, -0.25) is 0 Å². The molecular formula is C11H16N2. The van der Waals surface area contributed by atoms with Crippen LogP contribution in [0.3, 0.4) is 0 Å². The zero-order valence-corrected chi connectivity index (χ0v) is 8.03. The number of nitrogens with two attached hydrogens (primary N) is 1. The van der Waals surface area contributed by atoms with Gasteiger partial charge in [0.25, 0.3) is 0 Å². The van der Waals surface area contributed by atoms with E-state index in [0.717, 1.165) is 12.1 Å². The number of nitrogens with zero attached hydrogens (tertiary/aromatic N) is 1. The van der Waals surface area contributed by atoms with Crippen LogP contribution in [0.15, 0.2) is 36.9 Å². The molecule has 0 bridgehead atoms. The minimum atomic E-state index is 0.593. The van der Waals surface area contributed by atoms with Gasteiger partial charge >= 0.3 is 0 Å². The molecule has 0 spiro atoms. The van der Waals surface area contributed by atoms with Crippen molar-refractivity contribution in [2.24, 2.45) is 5.73 Å². The molecule has 0 saturated carbocycles. The summed E-state index contributed by atoms with van der Waals surface area (Å²) in [5, 5.41) is 0. The summed E-state index contributed by atoms with van der Waals surface area (Å²) < 4.78 is 0. The lowest BCUT2D eigenvalue weighted by molar-refractivity contribution is 1.01. The number of hydrogen-bond donors (Lipinski definition) is 1. The molecule has 1 aromatic carbocycles. The Morgan fingerprint density at radius 2 is 2.31 bits per heavy atom. The lowest BCUT2D eigenvalue weighted by atomic mass is 10.2. The van der Waals surface area contributed by atoms with Gasteiger partial charge in [-0.25, -0.2) is 0 Å². The topological polar surface area (TPSA) is 29.3 Å². The molecule has 1 aromatic rings. The molecule has 1 rings (SSSR count). The summed E-state index contributed by atoms with van der Waals surface area (Å²) >= 11 is 0. The van der Waals surface area contributed by atoms with Crippen molar-refractivity contribution < 1.29 is 0 Å². The third kappa shape index (κ3) is 2.60. The summed E-state index contributed by atoms with van der Waals surface area (Å²) in [6.45, 7) is 5.15. The first-order valence-electron chi connectivity index (χ1n) is 4.39. The van der Waals surface area contributed by atoms with E-state index < -0.39 is 0 Å². The van der Waals surface area contributed by atoms with E-state index in [-0.39, 0.29) is 0 Å². The Morgan fingerprint density at radius 1 is 1.54 bits per heavy atom. The van der Waals surface area contributed by atoms with Crippen LogP contribution in [0.1, 0.15) is 5.56 Å². The molecule has 70 valence electrons. The van der Waals surface area contributed by atoms with E-state index in [1.807, 2.05) is 25.3 Å². The Kier molecular flexibility index (Phi) is 3.53. The molecule has 0 fully saturated rings. The van der Waals surface area contributed by atoms with Crippen LogP contribution < -0.4 is 10.6 Å². The van der Waals surface area contributed by atoms with Gasteiger partial charge in [0.05, 0.1) is 0 Å². The minimum Gasteiger partial charge on any atom is -0.371 e. The largest absolute Gasteiger partial charge is 0.371 e. The summed E-state index contributed by atoms with van der Waals surface area (Å²) in [6, 6.07) is 8.23. The number of anilines is 1. The Labute approximate surface area is 79.7 Å². The van der Waals surface area contributed by atoms with Crippen LogP contribution in [-0.4, -0.2) is 13.6 Å². The van der Waals surface area contributed by atoms with Crippen molar-refractivity contribution in [1.29, 1.82) is 0 Å². The fraction of sp³-hybridized carbons (Fsp3) is 0.273. The summed E-state index contributed by atoms with van der Waals surface area (Å²) in [6.07, 6.45) is 1.88. The van der Waals surface area contributed by atoms with Crippen molar-refractivity contribution in [3.63, 3.8) is 0 Å². The van der Waals surface area contributed by atoms with E-state index in [1.165, 1.54) is 5.69 Å². The fourth-order valence-electron chi connectivity index (χ4n) is 1.22. The van der Waals surface area contributed by atoms with Crippen LogP contribution in [0.2, 0.25) is 0 Å². The molecule has 0 radical (unpaired) electrons. The maximum atomic E-state index is 5.55. The van der Waals surface area contributed by atoms with Crippen LogP contribution in [0.5, 0.6) is 0 Å². The highest BCUT2D eigenvalue weighted by Gasteiger charge is 1.98. The van der Waals surface area contributed by atoms with E-state index in [1.54, 1.807) is 0 Å². The first kappa shape index (κ1) is 9.81. The number of likely N-dealkylation sites (N-methyl/N-ethyl adjacent to an activating group) is 1. The molecule has 13 heavy (non-hydrogen) atoms. The normalized spacial score (nSPS) is 9.69. The van der Waals surface area contributed by atoms with Gasteiger partial charge in [-0.05, 0) is 17.7 Å². The molecule has 0 amide bonds. The van der Waals surface area contributed by atoms with Gasteiger partial charge < -0.3 is 10.6 Å². The minimum absolute atomic E-state index is 0.593. The van der Waals surface area contributed by atoms with Crippen molar-refractivity contribution in [3.8, 4) is 0 Å². The molecule has 0 aliphatic carbocycles. The molecule has 0 aromatic heterocycles. The summed E-state index contributed by atoms with van der Waals surface area (Å²) in [7, 11) is 2.04. The van der Waals surface area contributed by atoms with Crippen LogP contribution in [0, 0.1) is 0 Å². The highest BCUT2D eigenvalue weighted by molar-refractivity contribution is 5.48. The maximum absolute atomic E-state index is 5.55. The van der Waals surface area contributed by atoms with Crippen molar-refractivity contribution in [2.45, 2.75) is 6.54 Å². The third-order valence-electron chi connectivity index (χ3n) is 1.99. The molecule has 0 unspecified atom stereocenters. The van der Waals surface area contributed by atoms with E-state index in [9.17, 15) is 0 Å². The van der Waals surface area contributed by atoms with Gasteiger partial charge in [0, 0.05) is 25.8 Å². The summed E-state index contributed by atoms with van der Waals surface area (Å²) in [5.74, 6) is 0. The first-order valence-corrected chi connectivity index (χ1v) is 4.39. The quantitative estimate of drug-likeness (QED) is 0.708. The molecule has 2 nitrogen and oxygen atoms in total.